The third-order valence-electron chi connectivity index (χ3n) is 6.23. The molecule has 0 spiro atoms. The summed E-state index contributed by atoms with van der Waals surface area (Å²) >= 11 is 0. The van der Waals surface area contributed by atoms with Crippen LogP contribution in [-0.4, -0.2) is 63.6 Å². The normalized spacial score (nSPS) is 13.9. The number of anilines is 4. The second kappa shape index (κ2) is 10.3. The molecule has 1 aliphatic rings. The molecule has 2 N–H and O–H groups in total. The molecule has 5 rings (SSSR count). The first-order valence-corrected chi connectivity index (χ1v) is 11.8. The average Bonchev–Trinajstić information content (AvgIpc) is 2.92. The van der Waals surface area contributed by atoms with Gasteiger partial charge < -0.3 is 20.4 Å². The minimum Gasteiger partial charge on any atom is -0.367 e. The highest BCUT2D eigenvalue weighted by molar-refractivity contribution is 5.99. The van der Waals surface area contributed by atoms with Gasteiger partial charge in [-0.3, -0.25) is 14.2 Å². The van der Waals surface area contributed by atoms with E-state index in [0.29, 0.717) is 24.6 Å². The van der Waals surface area contributed by atoms with Gasteiger partial charge in [0.05, 0.1) is 16.8 Å². The van der Waals surface area contributed by atoms with Crippen LogP contribution in [0.2, 0.25) is 0 Å². The van der Waals surface area contributed by atoms with Crippen molar-refractivity contribution in [3.63, 3.8) is 0 Å². The van der Waals surface area contributed by atoms with Gasteiger partial charge >= 0.3 is 0 Å². The Labute approximate surface area is 216 Å². The van der Waals surface area contributed by atoms with E-state index in [-0.39, 0.29) is 33.8 Å². The zero-order valence-corrected chi connectivity index (χ0v) is 20.5. The van der Waals surface area contributed by atoms with E-state index in [1.807, 2.05) is 11.9 Å². The van der Waals surface area contributed by atoms with E-state index in [4.69, 9.17) is 0 Å². The SMILES string of the molecule is C=CC(=O)Nc1ccnc(-n2ccc(=O)c3cnc(Nc4ccc(N5CCN(C)CC5)c(F)c4F)nc32)c1. The lowest BCUT2D eigenvalue weighted by atomic mass is 10.2. The molecule has 1 aliphatic heterocycles. The number of carbonyl (C=O) groups excluding carboxylic acids is 1. The van der Waals surface area contributed by atoms with Crippen molar-refractivity contribution in [2.45, 2.75) is 0 Å². The van der Waals surface area contributed by atoms with Crippen molar-refractivity contribution < 1.29 is 13.6 Å². The van der Waals surface area contributed by atoms with Crippen molar-refractivity contribution in [2.24, 2.45) is 0 Å². The number of rotatable bonds is 6. The number of amides is 1. The monoisotopic (exact) mass is 518 g/mol. The van der Waals surface area contributed by atoms with Crippen molar-refractivity contribution in [1.29, 1.82) is 0 Å². The summed E-state index contributed by atoms with van der Waals surface area (Å²) in [6, 6.07) is 7.48. The molecule has 4 heterocycles. The molecule has 0 unspecified atom stereocenters. The molecule has 4 aromatic rings. The summed E-state index contributed by atoms with van der Waals surface area (Å²) in [5.41, 5.74) is 0.371. The first-order chi connectivity index (χ1) is 18.3. The Hall–Kier alpha value is -4.71. The number of benzene rings is 1. The molecule has 1 fully saturated rings. The number of hydrogen-bond donors (Lipinski definition) is 2. The van der Waals surface area contributed by atoms with Crippen LogP contribution in [0.4, 0.5) is 31.8 Å². The predicted molar refractivity (Wildman–Crippen MR) is 141 cm³/mol. The fourth-order valence-electron chi connectivity index (χ4n) is 4.15. The maximum atomic E-state index is 15.0. The number of hydrogen-bond acceptors (Lipinski definition) is 8. The Kier molecular flexibility index (Phi) is 6.79. The molecule has 38 heavy (non-hydrogen) atoms. The molecular formula is C26H24F2N8O2. The molecule has 0 saturated carbocycles. The summed E-state index contributed by atoms with van der Waals surface area (Å²) < 4.78 is 31.6. The second-order valence-electron chi connectivity index (χ2n) is 8.75. The van der Waals surface area contributed by atoms with Gasteiger partial charge in [0.1, 0.15) is 5.82 Å². The van der Waals surface area contributed by atoms with E-state index < -0.39 is 17.5 Å². The molecular weight excluding hydrogens is 494 g/mol. The van der Waals surface area contributed by atoms with Gasteiger partial charge in [0.2, 0.25) is 11.9 Å². The smallest absolute Gasteiger partial charge is 0.247 e. The largest absolute Gasteiger partial charge is 0.367 e. The summed E-state index contributed by atoms with van der Waals surface area (Å²) in [4.78, 5) is 40.9. The van der Waals surface area contributed by atoms with E-state index in [2.05, 4.69) is 37.1 Å². The van der Waals surface area contributed by atoms with Crippen LogP contribution in [0.5, 0.6) is 0 Å². The highest BCUT2D eigenvalue weighted by atomic mass is 19.2. The van der Waals surface area contributed by atoms with E-state index in [1.54, 1.807) is 12.1 Å². The van der Waals surface area contributed by atoms with Gasteiger partial charge in [0.25, 0.3) is 0 Å². The number of fused-ring (bicyclic) bond motifs is 1. The summed E-state index contributed by atoms with van der Waals surface area (Å²) in [5, 5.41) is 5.56. The fourth-order valence-corrected chi connectivity index (χ4v) is 4.15. The summed E-state index contributed by atoms with van der Waals surface area (Å²) in [6.07, 6.45) is 5.41. The molecule has 194 valence electrons. The number of likely N-dealkylation sites (N-methyl/N-ethyl adjacent to an activating group) is 1. The predicted octanol–water partition coefficient (Wildman–Crippen LogP) is 3.07. The van der Waals surface area contributed by atoms with Crippen LogP contribution < -0.4 is 21.0 Å². The Balaban J connectivity index is 1.48. The fraction of sp³-hybridized carbons (Fsp3) is 0.192. The van der Waals surface area contributed by atoms with Gasteiger partial charge in [-0.15, -0.1) is 0 Å². The first-order valence-electron chi connectivity index (χ1n) is 11.8. The van der Waals surface area contributed by atoms with Crippen LogP contribution in [0, 0.1) is 11.6 Å². The van der Waals surface area contributed by atoms with Crippen molar-refractivity contribution in [1.82, 2.24) is 24.4 Å². The van der Waals surface area contributed by atoms with Crippen molar-refractivity contribution in [3.8, 4) is 5.82 Å². The highest BCUT2D eigenvalue weighted by Crippen LogP contribution is 2.29. The Morgan fingerprint density at radius 2 is 1.87 bits per heavy atom. The number of halogens is 2. The molecule has 1 saturated heterocycles. The van der Waals surface area contributed by atoms with E-state index >= 15 is 4.39 Å². The van der Waals surface area contributed by atoms with Gasteiger partial charge in [-0.2, -0.15) is 4.98 Å². The van der Waals surface area contributed by atoms with Crippen LogP contribution in [0.15, 0.2) is 66.4 Å². The lowest BCUT2D eigenvalue weighted by molar-refractivity contribution is -0.111. The Morgan fingerprint density at radius 1 is 1.08 bits per heavy atom. The summed E-state index contributed by atoms with van der Waals surface area (Å²) in [7, 11) is 1.98. The third kappa shape index (κ3) is 4.93. The van der Waals surface area contributed by atoms with Crippen LogP contribution in [-0.2, 0) is 4.79 Å². The highest BCUT2D eigenvalue weighted by Gasteiger charge is 2.22. The molecule has 10 nitrogen and oxygen atoms in total. The Morgan fingerprint density at radius 3 is 2.63 bits per heavy atom. The summed E-state index contributed by atoms with van der Waals surface area (Å²) in [6.45, 7) is 6.13. The summed E-state index contributed by atoms with van der Waals surface area (Å²) in [5.74, 6) is -2.09. The van der Waals surface area contributed by atoms with Gasteiger partial charge in [-0.05, 0) is 31.3 Å². The number of aromatic nitrogens is 4. The molecule has 1 amide bonds. The Bertz CT molecular complexity index is 1600. The minimum atomic E-state index is -1.05. The molecule has 1 aromatic carbocycles. The molecule has 12 heteroatoms. The molecule has 3 aromatic heterocycles. The second-order valence-corrected chi connectivity index (χ2v) is 8.75. The third-order valence-corrected chi connectivity index (χ3v) is 6.23. The topological polar surface area (TPSA) is 108 Å². The van der Waals surface area contributed by atoms with Crippen LogP contribution in [0.1, 0.15) is 0 Å². The standard InChI is InChI=1S/C26H24F2N8O2/c1-3-22(38)31-16-6-8-29-21(14-16)36-9-7-20(37)17-15-30-26(33-25(17)36)32-18-4-5-19(24(28)23(18)27)35-12-10-34(2)11-13-35/h3-9,14-15H,1,10-13H2,2H3,(H,29,31,38)(H,30,32,33). The number of piperazine rings is 1. The minimum absolute atomic E-state index is 0.0430. The maximum absolute atomic E-state index is 15.0. The zero-order chi connectivity index (χ0) is 26.8. The quantitative estimate of drug-likeness (QED) is 0.375. The van der Waals surface area contributed by atoms with Gasteiger partial charge in [-0.1, -0.05) is 6.58 Å². The number of nitrogens with zero attached hydrogens (tertiary/aromatic N) is 6. The van der Waals surface area contributed by atoms with E-state index in [0.717, 1.165) is 19.2 Å². The molecule has 0 bridgehead atoms. The van der Waals surface area contributed by atoms with Crippen LogP contribution >= 0.6 is 0 Å². The average molecular weight is 519 g/mol. The maximum Gasteiger partial charge on any atom is 0.247 e. The van der Waals surface area contributed by atoms with Crippen LogP contribution in [0.3, 0.4) is 0 Å². The lowest BCUT2D eigenvalue weighted by Crippen LogP contribution is -2.44. The molecule has 0 radical (unpaired) electrons. The van der Waals surface area contributed by atoms with Gasteiger partial charge in [0, 0.05) is 62.6 Å². The van der Waals surface area contributed by atoms with Crippen molar-refractivity contribution in [3.05, 3.63) is 83.4 Å². The van der Waals surface area contributed by atoms with Gasteiger partial charge in [0.15, 0.2) is 22.7 Å². The van der Waals surface area contributed by atoms with E-state index in [1.165, 1.54) is 41.4 Å². The first kappa shape index (κ1) is 25.0. The number of pyridine rings is 2. The van der Waals surface area contributed by atoms with Crippen LogP contribution in [0.25, 0.3) is 16.9 Å². The van der Waals surface area contributed by atoms with Gasteiger partial charge in [-0.25, -0.2) is 18.7 Å². The van der Waals surface area contributed by atoms with Crippen molar-refractivity contribution >= 4 is 40.0 Å². The zero-order valence-electron chi connectivity index (χ0n) is 20.5. The molecule has 0 aliphatic carbocycles. The lowest BCUT2D eigenvalue weighted by Gasteiger charge is -2.34. The number of carbonyl (C=O) groups is 1. The van der Waals surface area contributed by atoms with Crippen molar-refractivity contribution in [2.75, 3.05) is 48.8 Å². The number of nitrogens with one attached hydrogen (secondary N) is 2. The van der Waals surface area contributed by atoms with E-state index in [9.17, 15) is 14.0 Å². The molecule has 0 atom stereocenters.